The maximum Gasteiger partial charge on any atom is 0.164 e. The number of aromatic nitrogens is 3. The highest BCUT2D eigenvalue weighted by molar-refractivity contribution is 5.94. The molecule has 9 aromatic carbocycles. The van der Waals surface area contributed by atoms with E-state index in [1.807, 2.05) is 60.7 Å². The van der Waals surface area contributed by atoms with Crippen molar-refractivity contribution in [3.8, 4) is 90.2 Å². The van der Waals surface area contributed by atoms with Crippen molar-refractivity contribution in [1.29, 1.82) is 0 Å². The fourth-order valence-corrected chi connectivity index (χ4v) is 9.70. The van der Waals surface area contributed by atoms with Crippen LogP contribution in [0.15, 0.2) is 224 Å². The molecule has 4 nitrogen and oxygen atoms in total. The zero-order valence-corrected chi connectivity index (χ0v) is 33.6. The summed E-state index contributed by atoms with van der Waals surface area (Å²) in [4.78, 5) is 15.3. The Morgan fingerprint density at radius 3 is 1.35 bits per heavy atom. The van der Waals surface area contributed by atoms with Crippen LogP contribution in [0.5, 0.6) is 11.5 Å². The topological polar surface area (TPSA) is 47.9 Å². The third-order valence-electron chi connectivity index (χ3n) is 12.4. The first-order valence-electron chi connectivity index (χ1n) is 21.0. The zero-order valence-electron chi connectivity index (χ0n) is 33.6. The number of rotatable bonds is 6. The van der Waals surface area contributed by atoms with Gasteiger partial charge >= 0.3 is 0 Å². The minimum absolute atomic E-state index is 0.520. The van der Waals surface area contributed by atoms with Gasteiger partial charge in [-0.3, -0.25) is 0 Å². The molecular weight excluding hydrogens is 755 g/mol. The van der Waals surface area contributed by atoms with Crippen molar-refractivity contribution < 1.29 is 4.74 Å². The molecule has 0 radical (unpaired) electrons. The van der Waals surface area contributed by atoms with E-state index in [2.05, 4.69) is 164 Å². The first-order valence-corrected chi connectivity index (χ1v) is 21.0. The largest absolute Gasteiger partial charge is 0.457 e. The Bertz CT molecular complexity index is 3210. The van der Waals surface area contributed by atoms with Crippen LogP contribution >= 0.6 is 0 Å². The van der Waals surface area contributed by atoms with Gasteiger partial charge in [-0.15, -0.1) is 0 Å². The Labute approximate surface area is 360 Å². The lowest BCUT2D eigenvalue weighted by molar-refractivity contribution is 0.436. The lowest BCUT2D eigenvalue weighted by atomic mass is 9.66. The van der Waals surface area contributed by atoms with Crippen LogP contribution in [0, 0.1) is 0 Å². The lowest BCUT2D eigenvalue weighted by Crippen LogP contribution is -2.32. The smallest absolute Gasteiger partial charge is 0.164 e. The number of para-hydroxylation sites is 1. The highest BCUT2D eigenvalue weighted by Gasteiger charge is 2.51. The predicted molar refractivity (Wildman–Crippen MR) is 250 cm³/mol. The Kier molecular flexibility index (Phi) is 8.36. The summed E-state index contributed by atoms with van der Waals surface area (Å²) in [5, 5.41) is 0. The average Bonchev–Trinajstić information content (AvgIpc) is 3.65. The Hall–Kier alpha value is -8.21. The van der Waals surface area contributed by atoms with Crippen LogP contribution in [0.1, 0.15) is 22.3 Å². The van der Waals surface area contributed by atoms with Crippen LogP contribution in [0.3, 0.4) is 0 Å². The van der Waals surface area contributed by atoms with Gasteiger partial charge in [0.2, 0.25) is 0 Å². The molecule has 62 heavy (non-hydrogen) atoms. The fourth-order valence-electron chi connectivity index (χ4n) is 9.70. The second kappa shape index (κ2) is 14.5. The lowest BCUT2D eigenvalue weighted by Gasteiger charge is -2.39. The summed E-state index contributed by atoms with van der Waals surface area (Å²) in [7, 11) is 0. The van der Waals surface area contributed by atoms with E-state index in [9.17, 15) is 0 Å². The summed E-state index contributed by atoms with van der Waals surface area (Å²) < 4.78 is 6.72. The molecule has 290 valence electrons. The first-order chi connectivity index (χ1) is 30.7. The second-order valence-electron chi connectivity index (χ2n) is 15.9. The number of nitrogens with zero attached hydrogens (tertiary/aromatic N) is 3. The Morgan fingerprint density at radius 1 is 0.274 bits per heavy atom. The summed E-state index contributed by atoms with van der Waals surface area (Å²) in [6.07, 6.45) is 0. The van der Waals surface area contributed by atoms with Gasteiger partial charge in [0.25, 0.3) is 0 Å². The van der Waals surface area contributed by atoms with Crippen LogP contribution < -0.4 is 4.74 Å². The molecule has 0 N–H and O–H groups in total. The third-order valence-corrected chi connectivity index (χ3v) is 12.4. The normalized spacial score (nSPS) is 12.8. The van der Waals surface area contributed by atoms with E-state index in [0.29, 0.717) is 17.5 Å². The number of hydrogen-bond donors (Lipinski definition) is 0. The second-order valence-corrected chi connectivity index (χ2v) is 15.9. The van der Waals surface area contributed by atoms with E-state index < -0.39 is 5.41 Å². The van der Waals surface area contributed by atoms with Crippen LogP contribution in [-0.4, -0.2) is 15.0 Å². The minimum atomic E-state index is -0.520. The summed E-state index contributed by atoms with van der Waals surface area (Å²) in [6, 6.07) is 79.1. The molecule has 0 amide bonds. The van der Waals surface area contributed by atoms with Crippen molar-refractivity contribution in [2.45, 2.75) is 5.41 Å². The van der Waals surface area contributed by atoms with Gasteiger partial charge in [-0.1, -0.05) is 206 Å². The first kappa shape index (κ1) is 35.7. The van der Waals surface area contributed by atoms with E-state index in [1.54, 1.807) is 0 Å². The van der Waals surface area contributed by atoms with Gasteiger partial charge in [0, 0.05) is 33.4 Å². The third kappa shape index (κ3) is 5.65. The molecule has 10 aromatic rings. The molecule has 0 atom stereocenters. The monoisotopic (exact) mass is 791 g/mol. The van der Waals surface area contributed by atoms with Crippen LogP contribution in [0.25, 0.3) is 78.7 Å². The molecule has 12 rings (SSSR count). The van der Waals surface area contributed by atoms with Gasteiger partial charge in [-0.05, 0) is 68.3 Å². The molecule has 2 heterocycles. The molecule has 1 aliphatic carbocycles. The van der Waals surface area contributed by atoms with Crippen molar-refractivity contribution in [3.05, 3.63) is 247 Å². The number of benzene rings is 9. The molecule has 1 aromatic heterocycles. The van der Waals surface area contributed by atoms with Crippen molar-refractivity contribution in [3.63, 3.8) is 0 Å². The number of ether oxygens (including phenoxy) is 1. The van der Waals surface area contributed by atoms with Crippen molar-refractivity contribution in [2.24, 2.45) is 0 Å². The standard InChI is InChI=1S/C58H37N3O/c1-4-17-40(18-5-1)54-44(25-16-26-47(54)57-60-55(41-19-6-2-7-20-41)59-56(61-57)42-21-8-3-9-22-42)39-33-31-38(32-34-39)43-35-36-53-51(37-43)58(50-29-14-15-30-52(50)62-53)48-27-12-10-23-45(48)46-24-11-13-28-49(46)58/h1-37H. The summed E-state index contributed by atoms with van der Waals surface area (Å²) >= 11 is 0. The maximum absolute atomic E-state index is 6.72. The van der Waals surface area contributed by atoms with E-state index in [4.69, 9.17) is 19.7 Å². The van der Waals surface area contributed by atoms with Crippen molar-refractivity contribution in [2.75, 3.05) is 0 Å². The molecule has 0 fully saturated rings. The Balaban J connectivity index is 0.997. The van der Waals surface area contributed by atoms with Crippen LogP contribution in [0.4, 0.5) is 0 Å². The average molecular weight is 792 g/mol. The SMILES string of the molecule is c1ccc(-c2nc(-c3ccccc3)nc(-c3cccc(-c4ccc(-c5ccc6c(c5)C5(c7ccccc7O6)c6ccccc6-c6ccccc65)cc4)c3-c3ccccc3)n2)cc1. The maximum atomic E-state index is 6.72. The van der Waals surface area contributed by atoms with Crippen LogP contribution in [-0.2, 0) is 5.41 Å². The van der Waals surface area contributed by atoms with E-state index in [0.717, 1.165) is 72.7 Å². The molecule has 2 aliphatic rings. The quantitative estimate of drug-likeness (QED) is 0.168. The zero-order chi connectivity index (χ0) is 41.0. The minimum Gasteiger partial charge on any atom is -0.457 e. The van der Waals surface area contributed by atoms with E-state index >= 15 is 0 Å². The van der Waals surface area contributed by atoms with E-state index in [1.165, 1.54) is 22.3 Å². The molecule has 4 heteroatoms. The molecule has 0 bridgehead atoms. The van der Waals surface area contributed by atoms with Gasteiger partial charge in [0.1, 0.15) is 11.5 Å². The van der Waals surface area contributed by atoms with Gasteiger partial charge in [0.15, 0.2) is 17.5 Å². The molecule has 0 unspecified atom stereocenters. The van der Waals surface area contributed by atoms with Gasteiger partial charge in [-0.2, -0.15) is 0 Å². The van der Waals surface area contributed by atoms with E-state index in [-0.39, 0.29) is 0 Å². The summed E-state index contributed by atoms with van der Waals surface area (Å²) in [5.74, 6) is 3.66. The Morgan fingerprint density at radius 2 is 0.726 bits per heavy atom. The summed E-state index contributed by atoms with van der Waals surface area (Å²) in [6.45, 7) is 0. The molecular formula is C58H37N3O. The molecule has 0 saturated heterocycles. The number of fused-ring (bicyclic) bond motifs is 9. The van der Waals surface area contributed by atoms with Crippen LogP contribution in [0.2, 0.25) is 0 Å². The molecule has 0 saturated carbocycles. The highest BCUT2D eigenvalue weighted by Crippen LogP contribution is 2.62. The van der Waals surface area contributed by atoms with Gasteiger partial charge in [-0.25, -0.2) is 15.0 Å². The highest BCUT2D eigenvalue weighted by atomic mass is 16.5. The van der Waals surface area contributed by atoms with Gasteiger partial charge in [0.05, 0.1) is 5.41 Å². The fraction of sp³-hybridized carbons (Fsp3) is 0.0172. The van der Waals surface area contributed by atoms with Crippen molar-refractivity contribution >= 4 is 0 Å². The molecule has 1 spiro atoms. The predicted octanol–water partition coefficient (Wildman–Crippen LogP) is 14.3. The van der Waals surface area contributed by atoms with Crippen molar-refractivity contribution in [1.82, 2.24) is 15.0 Å². The van der Waals surface area contributed by atoms with Gasteiger partial charge < -0.3 is 4.74 Å². The summed E-state index contributed by atoms with van der Waals surface area (Å²) in [5.41, 5.74) is 16.3. The number of hydrogen-bond acceptors (Lipinski definition) is 4. The molecule has 1 aliphatic heterocycles.